The number of rotatable bonds is 3. The van der Waals surface area contributed by atoms with Gasteiger partial charge >= 0.3 is 0 Å². The number of amides is 1. The number of nitrogens with two attached hydrogens (primary N) is 1. The molecule has 0 fully saturated rings. The lowest BCUT2D eigenvalue weighted by Gasteiger charge is -2.13. The molecule has 100 valence electrons. The van der Waals surface area contributed by atoms with Crippen molar-refractivity contribution in [2.45, 2.75) is 19.8 Å². The van der Waals surface area contributed by atoms with Gasteiger partial charge < -0.3 is 15.6 Å². The van der Waals surface area contributed by atoms with Gasteiger partial charge in [-0.3, -0.25) is 4.79 Å². The van der Waals surface area contributed by atoms with E-state index in [2.05, 4.69) is 19.2 Å². The summed E-state index contributed by atoms with van der Waals surface area (Å²) in [6, 6.07) is 9.51. The molecular weight excluding hydrogens is 238 g/mol. The Hall–Kier alpha value is -2.23. The van der Waals surface area contributed by atoms with E-state index >= 15 is 0 Å². The van der Waals surface area contributed by atoms with E-state index in [1.54, 1.807) is 23.9 Å². The van der Waals surface area contributed by atoms with E-state index in [1.807, 2.05) is 24.3 Å². The highest BCUT2D eigenvalue weighted by Gasteiger charge is 2.13. The van der Waals surface area contributed by atoms with Crippen molar-refractivity contribution in [2.75, 3.05) is 11.1 Å². The zero-order valence-electron chi connectivity index (χ0n) is 11.5. The normalized spacial score (nSPS) is 10.7. The summed E-state index contributed by atoms with van der Waals surface area (Å²) in [7, 11) is 1.81. The third-order valence-corrected chi connectivity index (χ3v) is 3.09. The van der Waals surface area contributed by atoms with Gasteiger partial charge in [0.25, 0.3) is 5.91 Å². The lowest BCUT2D eigenvalue weighted by molar-refractivity contribution is 0.101. The minimum atomic E-state index is -0.146. The van der Waals surface area contributed by atoms with Gasteiger partial charge in [-0.2, -0.15) is 0 Å². The molecule has 0 bridgehead atoms. The summed E-state index contributed by atoms with van der Waals surface area (Å²) in [5.74, 6) is 0.210. The summed E-state index contributed by atoms with van der Waals surface area (Å²) < 4.78 is 1.72. The number of aromatic nitrogens is 1. The van der Waals surface area contributed by atoms with E-state index in [0.717, 1.165) is 11.3 Å². The van der Waals surface area contributed by atoms with Crippen LogP contribution in [-0.2, 0) is 7.05 Å². The molecule has 19 heavy (non-hydrogen) atoms. The minimum absolute atomic E-state index is 0.146. The minimum Gasteiger partial charge on any atom is -0.397 e. The van der Waals surface area contributed by atoms with Gasteiger partial charge in [-0.15, -0.1) is 0 Å². The van der Waals surface area contributed by atoms with Crippen LogP contribution in [0, 0.1) is 0 Å². The van der Waals surface area contributed by atoms with Crippen molar-refractivity contribution in [3.63, 3.8) is 0 Å². The molecule has 1 aromatic carbocycles. The number of carbonyl (C=O) groups excluding carboxylic acids is 1. The van der Waals surface area contributed by atoms with Crippen LogP contribution < -0.4 is 11.1 Å². The van der Waals surface area contributed by atoms with Crippen molar-refractivity contribution in [1.29, 1.82) is 0 Å². The largest absolute Gasteiger partial charge is 0.397 e. The Morgan fingerprint density at radius 2 is 2.00 bits per heavy atom. The third-order valence-electron chi connectivity index (χ3n) is 3.09. The van der Waals surface area contributed by atoms with Gasteiger partial charge in [0.05, 0.1) is 5.69 Å². The second-order valence-corrected chi connectivity index (χ2v) is 4.97. The van der Waals surface area contributed by atoms with E-state index in [1.165, 1.54) is 0 Å². The molecule has 1 aromatic heterocycles. The SMILES string of the molecule is CC(C)c1ccccc1NC(=O)c1cc(N)cn1C. The Morgan fingerprint density at radius 1 is 1.32 bits per heavy atom. The number of nitrogens with zero attached hydrogens (tertiary/aromatic N) is 1. The second-order valence-electron chi connectivity index (χ2n) is 4.97. The van der Waals surface area contributed by atoms with Gasteiger partial charge in [0, 0.05) is 18.9 Å². The topological polar surface area (TPSA) is 60.1 Å². The lowest BCUT2D eigenvalue weighted by Crippen LogP contribution is -2.16. The molecule has 1 heterocycles. The van der Waals surface area contributed by atoms with E-state index < -0.39 is 0 Å². The molecule has 4 heteroatoms. The maximum Gasteiger partial charge on any atom is 0.272 e. The van der Waals surface area contributed by atoms with Crippen LogP contribution in [0.15, 0.2) is 36.5 Å². The zero-order valence-corrected chi connectivity index (χ0v) is 11.5. The van der Waals surface area contributed by atoms with Crippen molar-refractivity contribution in [3.05, 3.63) is 47.8 Å². The maximum absolute atomic E-state index is 12.2. The average molecular weight is 257 g/mol. The van der Waals surface area contributed by atoms with Crippen LogP contribution in [-0.4, -0.2) is 10.5 Å². The number of carbonyl (C=O) groups is 1. The molecule has 0 spiro atoms. The smallest absolute Gasteiger partial charge is 0.272 e. The Kier molecular flexibility index (Phi) is 3.60. The van der Waals surface area contributed by atoms with E-state index in [0.29, 0.717) is 17.3 Å². The molecule has 0 aliphatic carbocycles. The second kappa shape index (κ2) is 5.18. The first-order valence-corrected chi connectivity index (χ1v) is 6.31. The predicted molar refractivity (Wildman–Crippen MR) is 78.3 cm³/mol. The predicted octanol–water partition coefficient (Wildman–Crippen LogP) is 2.98. The number of anilines is 2. The molecular formula is C15H19N3O. The van der Waals surface area contributed by atoms with Crippen molar-refractivity contribution in [1.82, 2.24) is 4.57 Å². The van der Waals surface area contributed by atoms with Gasteiger partial charge in [0.2, 0.25) is 0 Å². The standard InChI is InChI=1S/C15H19N3O/c1-10(2)12-6-4-5-7-13(12)17-15(19)14-8-11(16)9-18(14)3/h4-10H,16H2,1-3H3,(H,17,19). The number of para-hydroxylation sites is 1. The third kappa shape index (κ3) is 2.78. The van der Waals surface area contributed by atoms with Crippen LogP contribution in [0.5, 0.6) is 0 Å². The molecule has 0 saturated heterocycles. The average Bonchev–Trinajstić information content (AvgIpc) is 2.69. The number of benzene rings is 1. The van der Waals surface area contributed by atoms with Crippen molar-refractivity contribution >= 4 is 17.3 Å². The first kappa shape index (κ1) is 13.2. The Labute approximate surface area is 113 Å². The van der Waals surface area contributed by atoms with E-state index in [-0.39, 0.29) is 5.91 Å². The fraction of sp³-hybridized carbons (Fsp3) is 0.267. The molecule has 0 aliphatic heterocycles. The summed E-state index contributed by atoms with van der Waals surface area (Å²) in [4.78, 5) is 12.2. The highest BCUT2D eigenvalue weighted by Crippen LogP contribution is 2.24. The van der Waals surface area contributed by atoms with Crippen LogP contribution in [0.25, 0.3) is 0 Å². The first-order chi connectivity index (χ1) is 8.99. The molecule has 2 aromatic rings. The van der Waals surface area contributed by atoms with Crippen molar-refractivity contribution < 1.29 is 4.79 Å². The highest BCUT2D eigenvalue weighted by molar-refractivity contribution is 6.04. The number of nitrogen functional groups attached to an aromatic ring is 1. The fourth-order valence-electron chi connectivity index (χ4n) is 2.12. The molecule has 0 saturated carbocycles. The fourth-order valence-corrected chi connectivity index (χ4v) is 2.12. The van der Waals surface area contributed by atoms with Gasteiger partial charge in [-0.05, 0) is 23.6 Å². The van der Waals surface area contributed by atoms with Crippen molar-refractivity contribution in [3.8, 4) is 0 Å². The number of hydrogen-bond donors (Lipinski definition) is 2. The van der Waals surface area contributed by atoms with Crippen LogP contribution in [0.2, 0.25) is 0 Å². The van der Waals surface area contributed by atoms with Crippen LogP contribution in [0.3, 0.4) is 0 Å². The summed E-state index contributed by atoms with van der Waals surface area (Å²) in [6.07, 6.45) is 1.73. The first-order valence-electron chi connectivity index (χ1n) is 6.31. The summed E-state index contributed by atoms with van der Waals surface area (Å²) in [5, 5.41) is 2.95. The monoisotopic (exact) mass is 257 g/mol. The van der Waals surface area contributed by atoms with Gasteiger partial charge in [-0.1, -0.05) is 32.0 Å². The molecule has 2 rings (SSSR count). The Balaban J connectivity index is 2.27. The van der Waals surface area contributed by atoms with Gasteiger partial charge in [-0.25, -0.2) is 0 Å². The number of hydrogen-bond acceptors (Lipinski definition) is 2. The molecule has 0 aliphatic rings. The summed E-state index contributed by atoms with van der Waals surface area (Å²) in [5.41, 5.74) is 8.80. The van der Waals surface area contributed by atoms with Gasteiger partial charge in [0.1, 0.15) is 5.69 Å². The van der Waals surface area contributed by atoms with Gasteiger partial charge in [0.15, 0.2) is 0 Å². The van der Waals surface area contributed by atoms with Crippen molar-refractivity contribution in [2.24, 2.45) is 7.05 Å². The maximum atomic E-state index is 12.2. The summed E-state index contributed by atoms with van der Waals surface area (Å²) >= 11 is 0. The Bertz CT molecular complexity index is 599. The summed E-state index contributed by atoms with van der Waals surface area (Å²) in [6.45, 7) is 4.21. The highest BCUT2D eigenvalue weighted by atomic mass is 16.1. The van der Waals surface area contributed by atoms with Crippen LogP contribution in [0.4, 0.5) is 11.4 Å². The molecule has 3 N–H and O–H groups in total. The lowest BCUT2D eigenvalue weighted by atomic mass is 10.0. The number of aryl methyl sites for hydroxylation is 1. The quantitative estimate of drug-likeness (QED) is 0.888. The number of nitrogens with one attached hydrogen (secondary N) is 1. The van der Waals surface area contributed by atoms with E-state index in [4.69, 9.17) is 5.73 Å². The Morgan fingerprint density at radius 3 is 2.58 bits per heavy atom. The molecule has 1 amide bonds. The van der Waals surface area contributed by atoms with Crippen LogP contribution in [0.1, 0.15) is 35.8 Å². The van der Waals surface area contributed by atoms with E-state index in [9.17, 15) is 4.79 Å². The molecule has 0 unspecified atom stereocenters. The molecule has 0 atom stereocenters. The van der Waals surface area contributed by atoms with Crippen LogP contribution >= 0.6 is 0 Å². The molecule has 0 radical (unpaired) electrons. The zero-order chi connectivity index (χ0) is 14.0. The molecule has 4 nitrogen and oxygen atoms in total.